The zero-order chi connectivity index (χ0) is 12.3. The maximum absolute atomic E-state index is 12.5. The summed E-state index contributed by atoms with van der Waals surface area (Å²) in [7, 11) is 1.12. The number of carbonyl (C=O) groups excluding carboxylic acids is 1. The van der Waals surface area contributed by atoms with Gasteiger partial charge in [0.2, 0.25) is 0 Å². The number of hydrogen-bond acceptors (Lipinski definition) is 3. The molecule has 3 nitrogen and oxygen atoms in total. The highest BCUT2D eigenvalue weighted by Crippen LogP contribution is 2.32. The van der Waals surface area contributed by atoms with Crippen molar-refractivity contribution in [1.82, 2.24) is 4.98 Å². The van der Waals surface area contributed by atoms with Crippen molar-refractivity contribution in [3.63, 3.8) is 0 Å². The molecule has 1 aromatic rings. The smallest absolute Gasteiger partial charge is 0.418 e. The fourth-order valence-electron chi connectivity index (χ4n) is 1.10. The molecule has 88 valence electrons. The lowest BCUT2D eigenvalue weighted by Gasteiger charge is -2.11. The first-order chi connectivity index (χ1) is 7.34. The number of pyridine rings is 1. The molecule has 1 heterocycles. The summed E-state index contributed by atoms with van der Waals surface area (Å²) in [5, 5.41) is 0. The van der Waals surface area contributed by atoms with Crippen LogP contribution in [0.2, 0.25) is 0 Å². The van der Waals surface area contributed by atoms with Gasteiger partial charge in [0.05, 0.1) is 19.1 Å². The Hall–Kier alpha value is -1.11. The van der Waals surface area contributed by atoms with E-state index in [1.54, 1.807) is 0 Å². The summed E-state index contributed by atoms with van der Waals surface area (Å²) in [5.41, 5.74) is -1.10. The second-order valence-corrected chi connectivity index (χ2v) is 3.73. The predicted molar refractivity (Wildman–Crippen MR) is 52.7 cm³/mol. The molecule has 0 spiro atoms. The molecule has 0 radical (unpaired) electrons. The van der Waals surface area contributed by atoms with Crippen molar-refractivity contribution >= 4 is 21.9 Å². The van der Waals surface area contributed by atoms with Crippen molar-refractivity contribution in [1.29, 1.82) is 0 Å². The Balaban J connectivity index is 3.13. The third-order valence-electron chi connectivity index (χ3n) is 1.82. The molecular formula is C9H7BrF3NO2. The van der Waals surface area contributed by atoms with Crippen LogP contribution in [-0.2, 0) is 22.1 Å². The fourth-order valence-corrected chi connectivity index (χ4v) is 1.48. The number of halogens is 4. The minimum absolute atomic E-state index is 0.166. The fraction of sp³-hybridized carbons (Fsp3) is 0.333. The Morgan fingerprint density at radius 1 is 1.56 bits per heavy atom. The van der Waals surface area contributed by atoms with Crippen LogP contribution in [0.4, 0.5) is 13.2 Å². The molecule has 0 saturated heterocycles. The quantitative estimate of drug-likeness (QED) is 0.622. The Kier molecular flexibility index (Phi) is 3.90. The minimum Gasteiger partial charge on any atom is -0.469 e. The van der Waals surface area contributed by atoms with E-state index in [0.717, 1.165) is 13.2 Å². The lowest BCUT2D eigenvalue weighted by Crippen LogP contribution is -2.14. The molecule has 0 aromatic carbocycles. The number of ether oxygens (including phenoxy) is 1. The van der Waals surface area contributed by atoms with E-state index in [1.165, 1.54) is 0 Å². The van der Waals surface area contributed by atoms with E-state index in [9.17, 15) is 18.0 Å². The molecule has 7 heteroatoms. The van der Waals surface area contributed by atoms with Crippen molar-refractivity contribution < 1.29 is 22.7 Å². The van der Waals surface area contributed by atoms with E-state index in [1.807, 2.05) is 0 Å². The van der Waals surface area contributed by atoms with Gasteiger partial charge in [0.15, 0.2) is 0 Å². The SMILES string of the molecule is COC(=O)Cc1cc(Br)ncc1C(F)(F)F. The van der Waals surface area contributed by atoms with E-state index in [2.05, 4.69) is 25.7 Å². The van der Waals surface area contributed by atoms with Crippen molar-refractivity contribution in [2.24, 2.45) is 0 Å². The van der Waals surface area contributed by atoms with Crippen LogP contribution in [0.3, 0.4) is 0 Å². The highest BCUT2D eigenvalue weighted by molar-refractivity contribution is 9.10. The van der Waals surface area contributed by atoms with Gasteiger partial charge in [-0.2, -0.15) is 13.2 Å². The zero-order valence-corrected chi connectivity index (χ0v) is 9.72. The number of aromatic nitrogens is 1. The summed E-state index contributed by atoms with van der Waals surface area (Å²) in [4.78, 5) is 14.4. The van der Waals surface area contributed by atoms with E-state index < -0.39 is 24.1 Å². The molecule has 0 aliphatic carbocycles. The van der Waals surface area contributed by atoms with Gasteiger partial charge in [-0.1, -0.05) is 0 Å². The number of methoxy groups -OCH3 is 1. The van der Waals surface area contributed by atoms with Gasteiger partial charge in [-0.15, -0.1) is 0 Å². The second kappa shape index (κ2) is 4.82. The summed E-state index contributed by atoms with van der Waals surface area (Å²) < 4.78 is 42.1. The second-order valence-electron chi connectivity index (χ2n) is 2.91. The highest BCUT2D eigenvalue weighted by Gasteiger charge is 2.34. The van der Waals surface area contributed by atoms with Gasteiger partial charge >= 0.3 is 12.1 Å². The van der Waals surface area contributed by atoms with Crippen LogP contribution >= 0.6 is 15.9 Å². The number of nitrogens with zero attached hydrogens (tertiary/aromatic N) is 1. The number of hydrogen-bond donors (Lipinski definition) is 0. The number of alkyl halides is 3. The third kappa shape index (κ3) is 3.19. The van der Waals surface area contributed by atoms with Crippen LogP contribution in [0, 0.1) is 0 Å². The molecule has 0 fully saturated rings. The topological polar surface area (TPSA) is 39.2 Å². The zero-order valence-electron chi connectivity index (χ0n) is 8.14. The lowest BCUT2D eigenvalue weighted by atomic mass is 10.1. The van der Waals surface area contributed by atoms with Crippen LogP contribution in [0.1, 0.15) is 11.1 Å². The molecule has 0 amide bonds. The predicted octanol–water partition coefficient (Wildman–Crippen LogP) is 2.58. The standard InChI is InChI=1S/C9H7BrF3NO2/c1-16-8(15)3-5-2-7(10)14-4-6(5)9(11,12)13/h2,4H,3H2,1H3. The number of carbonyl (C=O) groups is 1. The van der Waals surface area contributed by atoms with Crippen molar-refractivity contribution in [2.45, 2.75) is 12.6 Å². The maximum atomic E-state index is 12.5. The first-order valence-electron chi connectivity index (χ1n) is 4.13. The molecule has 1 rings (SSSR count). The molecule has 0 N–H and O–H groups in total. The average molecular weight is 298 g/mol. The van der Waals surface area contributed by atoms with Gasteiger partial charge in [0, 0.05) is 6.20 Å². The number of rotatable bonds is 2. The molecule has 0 atom stereocenters. The molecule has 0 aliphatic rings. The molecule has 16 heavy (non-hydrogen) atoms. The first kappa shape index (κ1) is 13.0. The molecule has 0 unspecified atom stereocenters. The normalized spacial score (nSPS) is 11.3. The van der Waals surface area contributed by atoms with Crippen LogP contribution in [0.5, 0.6) is 0 Å². The first-order valence-corrected chi connectivity index (χ1v) is 4.92. The van der Waals surface area contributed by atoms with Crippen molar-refractivity contribution in [2.75, 3.05) is 7.11 Å². The Bertz CT molecular complexity index is 406. The van der Waals surface area contributed by atoms with Crippen LogP contribution in [-0.4, -0.2) is 18.1 Å². The van der Waals surface area contributed by atoms with Crippen LogP contribution in [0.25, 0.3) is 0 Å². The van der Waals surface area contributed by atoms with E-state index in [0.29, 0.717) is 6.20 Å². The number of esters is 1. The Morgan fingerprint density at radius 3 is 2.69 bits per heavy atom. The summed E-state index contributed by atoms with van der Waals surface area (Å²) in [6, 6.07) is 1.15. The van der Waals surface area contributed by atoms with Gasteiger partial charge in [0.1, 0.15) is 4.60 Å². The Labute approximate surface area is 97.8 Å². The van der Waals surface area contributed by atoms with Gasteiger partial charge in [-0.3, -0.25) is 4.79 Å². The molecule has 0 aliphatic heterocycles. The van der Waals surface area contributed by atoms with Crippen LogP contribution < -0.4 is 0 Å². The lowest BCUT2D eigenvalue weighted by molar-refractivity contribution is -0.141. The van der Waals surface area contributed by atoms with Gasteiger partial charge < -0.3 is 4.74 Å². The summed E-state index contributed by atoms with van der Waals surface area (Å²) in [6.07, 6.45) is -4.29. The average Bonchev–Trinajstić information content (AvgIpc) is 2.15. The highest BCUT2D eigenvalue weighted by atomic mass is 79.9. The van der Waals surface area contributed by atoms with E-state index >= 15 is 0 Å². The van der Waals surface area contributed by atoms with E-state index in [4.69, 9.17) is 0 Å². The maximum Gasteiger partial charge on any atom is 0.418 e. The van der Waals surface area contributed by atoms with Crippen molar-refractivity contribution in [3.8, 4) is 0 Å². The summed E-state index contributed by atoms with van der Waals surface area (Å²) in [6.45, 7) is 0. The Morgan fingerprint density at radius 2 is 2.19 bits per heavy atom. The monoisotopic (exact) mass is 297 g/mol. The minimum atomic E-state index is -4.53. The molecule has 1 aromatic heterocycles. The van der Waals surface area contributed by atoms with Crippen molar-refractivity contribution in [3.05, 3.63) is 28.0 Å². The summed E-state index contributed by atoms with van der Waals surface area (Å²) >= 11 is 2.94. The van der Waals surface area contributed by atoms with E-state index in [-0.39, 0.29) is 10.2 Å². The van der Waals surface area contributed by atoms with Gasteiger partial charge in [0.25, 0.3) is 0 Å². The largest absolute Gasteiger partial charge is 0.469 e. The van der Waals surface area contributed by atoms with Crippen LogP contribution in [0.15, 0.2) is 16.9 Å². The van der Waals surface area contributed by atoms with Gasteiger partial charge in [-0.05, 0) is 27.6 Å². The molecule has 0 bridgehead atoms. The molecular weight excluding hydrogens is 291 g/mol. The summed E-state index contributed by atoms with van der Waals surface area (Å²) in [5.74, 6) is -0.733. The third-order valence-corrected chi connectivity index (χ3v) is 2.26. The van der Waals surface area contributed by atoms with Gasteiger partial charge in [-0.25, -0.2) is 4.98 Å². The molecule has 0 saturated carbocycles.